The minimum atomic E-state index is 0. The molecule has 1 aliphatic rings. The number of para-hydroxylation sites is 1. The molecule has 7 nitrogen and oxygen atoms in total. The van der Waals surface area contributed by atoms with Crippen molar-refractivity contribution in [1.29, 1.82) is 0 Å². The van der Waals surface area contributed by atoms with Crippen LogP contribution in [-0.2, 0) is 0 Å². The van der Waals surface area contributed by atoms with E-state index in [0.717, 1.165) is 59.1 Å². The van der Waals surface area contributed by atoms with Crippen LogP contribution >= 0.6 is 12.4 Å². The zero-order chi connectivity index (χ0) is 17.5. The Bertz CT molecular complexity index is 1100. The van der Waals surface area contributed by atoms with E-state index in [9.17, 15) is 0 Å². The van der Waals surface area contributed by atoms with Crippen LogP contribution in [0.4, 0.5) is 5.82 Å². The van der Waals surface area contributed by atoms with E-state index >= 15 is 0 Å². The second-order valence-corrected chi connectivity index (χ2v) is 6.67. The molecule has 0 saturated carbocycles. The van der Waals surface area contributed by atoms with E-state index in [4.69, 9.17) is 10.8 Å². The number of piperidine rings is 1. The van der Waals surface area contributed by atoms with E-state index in [-0.39, 0.29) is 18.4 Å². The molecule has 3 N–H and O–H groups in total. The van der Waals surface area contributed by atoms with Crippen molar-refractivity contribution in [2.24, 2.45) is 0 Å². The summed E-state index contributed by atoms with van der Waals surface area (Å²) >= 11 is 0. The van der Waals surface area contributed by atoms with Gasteiger partial charge in [-0.1, -0.05) is 18.2 Å². The highest BCUT2D eigenvalue weighted by Crippen LogP contribution is 2.33. The van der Waals surface area contributed by atoms with Crippen molar-refractivity contribution >= 4 is 40.2 Å². The number of nitrogens with zero attached hydrogens (tertiary/aromatic N) is 5. The zero-order valence-electron chi connectivity index (χ0n) is 14.7. The second kappa shape index (κ2) is 7.09. The summed E-state index contributed by atoms with van der Waals surface area (Å²) < 4.78 is 2.00. The molecule has 4 aromatic rings. The number of fused-ring (bicyclic) bond motifs is 2. The Balaban J connectivity index is 0.00000180. The number of hydrogen-bond acceptors (Lipinski definition) is 6. The molecule has 0 amide bonds. The molecule has 0 aliphatic carbocycles. The van der Waals surface area contributed by atoms with Gasteiger partial charge in [0.1, 0.15) is 17.8 Å². The zero-order valence-corrected chi connectivity index (χ0v) is 15.5. The van der Waals surface area contributed by atoms with Crippen LogP contribution in [0.1, 0.15) is 18.9 Å². The van der Waals surface area contributed by atoms with Gasteiger partial charge >= 0.3 is 0 Å². The van der Waals surface area contributed by atoms with Crippen molar-refractivity contribution in [2.75, 3.05) is 18.8 Å². The Morgan fingerprint density at radius 3 is 2.89 bits per heavy atom. The summed E-state index contributed by atoms with van der Waals surface area (Å²) in [7, 11) is 0. The first-order chi connectivity index (χ1) is 12.8. The highest BCUT2D eigenvalue weighted by Gasteiger charge is 2.23. The smallest absolute Gasteiger partial charge is 0.164 e. The van der Waals surface area contributed by atoms with Gasteiger partial charge in [0.25, 0.3) is 0 Å². The van der Waals surface area contributed by atoms with Crippen LogP contribution < -0.4 is 11.1 Å². The summed E-state index contributed by atoms with van der Waals surface area (Å²) in [5.41, 5.74) is 9.68. The van der Waals surface area contributed by atoms with Gasteiger partial charge in [-0.3, -0.25) is 4.98 Å². The Labute approximate surface area is 162 Å². The van der Waals surface area contributed by atoms with Gasteiger partial charge in [0.05, 0.1) is 16.9 Å². The van der Waals surface area contributed by atoms with Crippen molar-refractivity contribution in [3.05, 3.63) is 42.9 Å². The van der Waals surface area contributed by atoms with Crippen molar-refractivity contribution < 1.29 is 0 Å². The lowest BCUT2D eigenvalue weighted by Crippen LogP contribution is -2.32. The van der Waals surface area contributed by atoms with E-state index < -0.39 is 0 Å². The third-order valence-corrected chi connectivity index (χ3v) is 5.00. The van der Waals surface area contributed by atoms with Crippen LogP contribution in [0.15, 0.2) is 42.9 Å². The Morgan fingerprint density at radius 1 is 1.15 bits per heavy atom. The molecule has 0 bridgehead atoms. The number of nitrogen functional groups attached to an aromatic ring is 1. The topological polar surface area (TPSA) is 94.5 Å². The lowest BCUT2D eigenvalue weighted by molar-refractivity contribution is 0.354. The third kappa shape index (κ3) is 2.98. The van der Waals surface area contributed by atoms with E-state index in [1.165, 1.54) is 6.33 Å². The highest BCUT2D eigenvalue weighted by molar-refractivity contribution is 5.99. The van der Waals surface area contributed by atoms with E-state index in [2.05, 4.69) is 32.4 Å². The fourth-order valence-corrected chi connectivity index (χ4v) is 3.69. The molecule has 0 radical (unpaired) electrons. The standard InChI is InChI=1S/C19H19N7.ClH/c20-18-16-17(13-8-12-4-1-2-6-15(12)22-9-13)25-26(19(16)24-11-23-18)14-5-3-7-21-10-14;/h1-2,4,6,8-9,11,14,21H,3,5,7,10H2,(H2,20,23,24);1H/t14-;/m1./s1. The van der Waals surface area contributed by atoms with E-state index in [1.807, 2.05) is 29.1 Å². The van der Waals surface area contributed by atoms with Gasteiger partial charge in [0.15, 0.2) is 5.65 Å². The number of rotatable bonds is 2. The molecule has 138 valence electrons. The normalized spacial score (nSPS) is 17.1. The number of halogens is 1. The average Bonchev–Trinajstić information content (AvgIpc) is 3.09. The van der Waals surface area contributed by atoms with E-state index in [0.29, 0.717) is 5.82 Å². The molecule has 3 aromatic heterocycles. The molecule has 4 heterocycles. The van der Waals surface area contributed by atoms with Gasteiger partial charge in [0.2, 0.25) is 0 Å². The van der Waals surface area contributed by atoms with Crippen molar-refractivity contribution in [2.45, 2.75) is 18.9 Å². The minimum Gasteiger partial charge on any atom is -0.383 e. The maximum Gasteiger partial charge on any atom is 0.164 e. The first kappa shape index (κ1) is 17.6. The van der Waals surface area contributed by atoms with Gasteiger partial charge < -0.3 is 11.1 Å². The SMILES string of the molecule is Cl.Nc1ncnc2c1c(-c1cnc3ccccc3c1)nn2[C@@H]1CCCNC1. The number of aromatic nitrogens is 5. The van der Waals surface area contributed by atoms with Crippen LogP contribution in [0, 0.1) is 0 Å². The molecule has 1 aliphatic heterocycles. The fourth-order valence-electron chi connectivity index (χ4n) is 3.69. The van der Waals surface area contributed by atoms with Gasteiger partial charge in [-0.05, 0) is 31.5 Å². The Morgan fingerprint density at radius 2 is 2.04 bits per heavy atom. The predicted molar refractivity (Wildman–Crippen MR) is 109 cm³/mol. The summed E-state index contributed by atoms with van der Waals surface area (Å²) in [6.07, 6.45) is 5.55. The first-order valence-electron chi connectivity index (χ1n) is 8.86. The highest BCUT2D eigenvalue weighted by atomic mass is 35.5. The summed E-state index contributed by atoms with van der Waals surface area (Å²) in [5.74, 6) is 0.452. The Kier molecular flexibility index (Phi) is 4.63. The molecule has 27 heavy (non-hydrogen) atoms. The molecule has 1 saturated heterocycles. The molecular weight excluding hydrogens is 362 g/mol. The number of nitrogens with two attached hydrogens (primary N) is 1. The monoisotopic (exact) mass is 381 g/mol. The molecule has 1 aromatic carbocycles. The lowest BCUT2D eigenvalue weighted by atomic mass is 10.1. The van der Waals surface area contributed by atoms with Crippen molar-refractivity contribution in [3.8, 4) is 11.3 Å². The summed E-state index contributed by atoms with van der Waals surface area (Å²) in [5, 5.41) is 10.2. The van der Waals surface area contributed by atoms with Gasteiger partial charge in [-0.15, -0.1) is 12.4 Å². The third-order valence-electron chi connectivity index (χ3n) is 5.00. The maximum absolute atomic E-state index is 6.21. The van der Waals surface area contributed by atoms with Gasteiger partial charge in [-0.25, -0.2) is 14.6 Å². The maximum atomic E-state index is 6.21. The molecule has 5 rings (SSSR count). The average molecular weight is 382 g/mol. The molecule has 0 unspecified atom stereocenters. The van der Waals surface area contributed by atoms with Crippen LogP contribution in [0.3, 0.4) is 0 Å². The van der Waals surface area contributed by atoms with Crippen LogP contribution in [0.2, 0.25) is 0 Å². The molecule has 8 heteroatoms. The number of pyridine rings is 1. The first-order valence-corrected chi connectivity index (χ1v) is 8.86. The second-order valence-electron chi connectivity index (χ2n) is 6.67. The lowest BCUT2D eigenvalue weighted by Gasteiger charge is -2.23. The summed E-state index contributed by atoms with van der Waals surface area (Å²) in [6, 6.07) is 10.4. The number of anilines is 1. The number of nitrogens with one attached hydrogen (secondary N) is 1. The van der Waals surface area contributed by atoms with Gasteiger partial charge in [0, 0.05) is 23.7 Å². The quantitative estimate of drug-likeness (QED) is 0.554. The molecular formula is C19H20ClN7. The largest absolute Gasteiger partial charge is 0.383 e. The molecule has 0 spiro atoms. The minimum absolute atomic E-state index is 0. The van der Waals surface area contributed by atoms with Crippen LogP contribution in [0.25, 0.3) is 33.2 Å². The number of benzene rings is 1. The van der Waals surface area contributed by atoms with Crippen molar-refractivity contribution in [3.63, 3.8) is 0 Å². The summed E-state index contributed by atoms with van der Waals surface area (Å²) in [6.45, 7) is 1.93. The molecule has 1 atom stereocenters. The van der Waals surface area contributed by atoms with Crippen LogP contribution in [0.5, 0.6) is 0 Å². The number of hydrogen-bond donors (Lipinski definition) is 2. The fraction of sp³-hybridized carbons (Fsp3) is 0.263. The van der Waals surface area contributed by atoms with Crippen molar-refractivity contribution in [1.82, 2.24) is 30.0 Å². The molecule has 1 fully saturated rings. The van der Waals surface area contributed by atoms with E-state index in [1.54, 1.807) is 0 Å². The Hall–Kier alpha value is -2.77. The summed E-state index contributed by atoms with van der Waals surface area (Å²) in [4.78, 5) is 13.3. The van der Waals surface area contributed by atoms with Crippen LogP contribution in [-0.4, -0.2) is 37.8 Å². The predicted octanol–water partition coefficient (Wildman–Crippen LogP) is 2.97. The van der Waals surface area contributed by atoms with Gasteiger partial charge in [-0.2, -0.15) is 5.10 Å².